The molecule has 0 aromatic heterocycles. The van der Waals surface area contributed by atoms with Gasteiger partial charge < -0.3 is 30.5 Å². The summed E-state index contributed by atoms with van der Waals surface area (Å²) < 4.78 is 9.90. The number of hydrogen-bond acceptors (Lipinski definition) is 8. The zero-order valence-electron chi connectivity index (χ0n) is 23.2. The first-order valence-electron chi connectivity index (χ1n) is 12.8. The number of carboxylic acids is 1. The molecule has 0 bridgehead atoms. The number of carbonyl (C=O) groups excluding carboxylic acids is 3. The van der Waals surface area contributed by atoms with Crippen LogP contribution in [0.25, 0.3) is 0 Å². The van der Waals surface area contributed by atoms with Crippen molar-refractivity contribution in [3.8, 4) is 0 Å². The number of rotatable bonds is 20. The molecule has 0 heterocycles. The molecule has 0 radical (unpaired) electrons. The first-order chi connectivity index (χ1) is 17.8. The van der Waals surface area contributed by atoms with Crippen LogP contribution in [-0.2, 0) is 28.7 Å². The molecule has 5 N–H and O–H groups in total. The van der Waals surface area contributed by atoms with Crippen LogP contribution >= 0.6 is 0 Å². The van der Waals surface area contributed by atoms with E-state index in [-0.39, 0.29) is 25.0 Å². The number of Topliss-reactive ketones (excluding diaryl/α,β-unsaturated/α-hetero) is 1. The topological polar surface area (TPSA) is 173 Å². The number of methoxy groups -OCH3 is 2. The summed E-state index contributed by atoms with van der Waals surface area (Å²) >= 11 is 0. The fourth-order valence-electron chi connectivity index (χ4n) is 4.09. The molecule has 0 aromatic rings. The lowest BCUT2D eigenvalue weighted by Gasteiger charge is -2.29. The highest BCUT2D eigenvalue weighted by Gasteiger charge is 2.29. The summed E-state index contributed by atoms with van der Waals surface area (Å²) in [5, 5.41) is 30.5. The molecule has 216 valence electrons. The first-order valence-corrected chi connectivity index (χ1v) is 12.8. The van der Waals surface area contributed by atoms with Gasteiger partial charge in [-0.2, -0.15) is 0 Å². The van der Waals surface area contributed by atoms with E-state index < -0.39 is 53.9 Å². The Labute approximate surface area is 225 Å². The van der Waals surface area contributed by atoms with E-state index in [1.165, 1.54) is 20.3 Å². The number of carboxylic acid groups (broad SMARTS) is 1. The van der Waals surface area contributed by atoms with E-state index in [0.29, 0.717) is 31.3 Å². The molecule has 10 nitrogen and oxygen atoms in total. The van der Waals surface area contributed by atoms with Crippen molar-refractivity contribution in [2.45, 2.75) is 84.0 Å². The average Bonchev–Trinajstić information content (AvgIpc) is 2.85. The van der Waals surface area contributed by atoms with E-state index in [2.05, 4.69) is 4.74 Å². The second-order valence-corrected chi connectivity index (χ2v) is 9.62. The Morgan fingerprint density at radius 2 is 1.63 bits per heavy atom. The number of allylic oxidation sites excluding steroid dienone is 3. The maximum absolute atomic E-state index is 12.6. The second-order valence-electron chi connectivity index (χ2n) is 9.62. The molecule has 0 rings (SSSR count). The van der Waals surface area contributed by atoms with Gasteiger partial charge in [0.25, 0.3) is 0 Å². The molecule has 0 unspecified atom stereocenters. The second kappa shape index (κ2) is 19.3. The predicted molar refractivity (Wildman–Crippen MR) is 143 cm³/mol. The standard InChI is InChI=1S/C28H45NO9/c1-18(22(30)12-10-11-21(16-24(29)31)17-25(32)33)15-19(2)27(35)20(3)28(36)23(37-4)13-8-6-7-9-14-26(34)38-5/h8-9,13-15,18,20-21,23,27-28,35-36H,6-7,10-12,16-17H2,1-5H3,(H2,29,31)(H,32,33)/b13-8+,14-9+,19-15+/t18-,20+,21-,23-,27+,28+/m0/s1. The van der Waals surface area contributed by atoms with Crippen LogP contribution in [0, 0.1) is 17.8 Å². The van der Waals surface area contributed by atoms with Crippen LogP contribution < -0.4 is 5.73 Å². The highest BCUT2D eigenvalue weighted by molar-refractivity contribution is 5.82. The van der Waals surface area contributed by atoms with Crippen molar-refractivity contribution in [3.05, 3.63) is 36.0 Å². The van der Waals surface area contributed by atoms with Gasteiger partial charge in [0.2, 0.25) is 5.91 Å². The summed E-state index contributed by atoms with van der Waals surface area (Å²) in [5.74, 6) is -3.57. The Morgan fingerprint density at radius 1 is 1.00 bits per heavy atom. The molecule has 6 atom stereocenters. The van der Waals surface area contributed by atoms with Crippen molar-refractivity contribution in [1.29, 1.82) is 0 Å². The van der Waals surface area contributed by atoms with Gasteiger partial charge in [0, 0.05) is 44.3 Å². The maximum atomic E-state index is 12.6. The van der Waals surface area contributed by atoms with Crippen molar-refractivity contribution in [1.82, 2.24) is 0 Å². The van der Waals surface area contributed by atoms with Crippen molar-refractivity contribution < 1.29 is 44.0 Å². The Balaban J connectivity index is 4.91. The van der Waals surface area contributed by atoms with Crippen LogP contribution in [0.4, 0.5) is 0 Å². The number of aliphatic hydroxyl groups excluding tert-OH is 2. The Bertz CT molecular complexity index is 833. The Kier molecular flexibility index (Phi) is 17.8. The van der Waals surface area contributed by atoms with Gasteiger partial charge in [0.05, 0.1) is 19.3 Å². The number of primary amides is 1. The third-order valence-corrected chi connectivity index (χ3v) is 6.40. The van der Waals surface area contributed by atoms with E-state index in [4.69, 9.17) is 15.6 Å². The summed E-state index contributed by atoms with van der Waals surface area (Å²) in [6.07, 6.45) is 7.60. The molecule has 0 saturated heterocycles. The molecule has 0 fully saturated rings. The smallest absolute Gasteiger partial charge is 0.330 e. The van der Waals surface area contributed by atoms with Crippen molar-refractivity contribution in [2.75, 3.05) is 14.2 Å². The molecule has 0 saturated carbocycles. The van der Waals surface area contributed by atoms with Gasteiger partial charge in [-0.25, -0.2) is 4.79 Å². The van der Waals surface area contributed by atoms with Gasteiger partial charge in [0.1, 0.15) is 11.9 Å². The lowest BCUT2D eigenvalue weighted by atomic mass is 9.87. The van der Waals surface area contributed by atoms with Gasteiger partial charge in [-0.3, -0.25) is 14.4 Å². The van der Waals surface area contributed by atoms with E-state index in [1.807, 2.05) is 6.08 Å². The van der Waals surface area contributed by atoms with E-state index in [1.54, 1.807) is 39.0 Å². The van der Waals surface area contributed by atoms with Crippen LogP contribution in [-0.4, -0.2) is 71.5 Å². The van der Waals surface area contributed by atoms with Crippen molar-refractivity contribution in [3.63, 3.8) is 0 Å². The molecule has 0 spiro atoms. The number of aliphatic hydroxyl groups is 2. The fraction of sp³-hybridized carbons (Fsp3) is 0.643. The van der Waals surface area contributed by atoms with Crippen LogP contribution in [0.3, 0.4) is 0 Å². The largest absolute Gasteiger partial charge is 0.481 e. The average molecular weight is 540 g/mol. The molecule has 1 amide bonds. The molecule has 38 heavy (non-hydrogen) atoms. The highest BCUT2D eigenvalue weighted by atomic mass is 16.5. The SMILES string of the molecule is COC(=O)/C=C/CC/C=C/[C@H](OC)[C@H](O)[C@H](C)[C@H](O)/C(C)=C/[C@H](C)C(=O)CCC[C@@H](CC(N)=O)CC(=O)O. The van der Waals surface area contributed by atoms with E-state index in [0.717, 1.165) is 0 Å². The van der Waals surface area contributed by atoms with Crippen molar-refractivity contribution >= 4 is 23.6 Å². The van der Waals surface area contributed by atoms with E-state index in [9.17, 15) is 29.4 Å². The van der Waals surface area contributed by atoms with Crippen LogP contribution in [0.1, 0.15) is 65.7 Å². The predicted octanol–water partition coefficient (Wildman–Crippen LogP) is 2.71. The summed E-state index contributed by atoms with van der Waals surface area (Å²) in [4.78, 5) is 45.8. The number of ketones is 1. The van der Waals surface area contributed by atoms with Crippen molar-refractivity contribution in [2.24, 2.45) is 23.5 Å². The summed E-state index contributed by atoms with van der Waals surface area (Å²) in [6, 6.07) is 0. The van der Waals surface area contributed by atoms with E-state index >= 15 is 0 Å². The summed E-state index contributed by atoms with van der Waals surface area (Å²) in [5.41, 5.74) is 5.73. The molecule has 0 aliphatic carbocycles. The lowest BCUT2D eigenvalue weighted by Crippen LogP contribution is -2.39. The Morgan fingerprint density at radius 3 is 2.18 bits per heavy atom. The number of amides is 1. The van der Waals surface area contributed by atoms with Crippen LogP contribution in [0.2, 0.25) is 0 Å². The number of unbranched alkanes of at least 4 members (excludes halogenated alkanes) is 1. The summed E-state index contributed by atoms with van der Waals surface area (Å²) in [6.45, 7) is 5.10. The van der Waals surface area contributed by atoms with Gasteiger partial charge >= 0.3 is 11.9 Å². The summed E-state index contributed by atoms with van der Waals surface area (Å²) in [7, 11) is 2.77. The maximum Gasteiger partial charge on any atom is 0.330 e. The molecule has 0 aliphatic rings. The molecule has 10 heteroatoms. The number of ether oxygens (including phenoxy) is 2. The normalized spacial score (nSPS) is 17.1. The fourth-order valence-corrected chi connectivity index (χ4v) is 4.09. The molecule has 0 aliphatic heterocycles. The van der Waals surface area contributed by atoms with Gasteiger partial charge in [0.15, 0.2) is 0 Å². The monoisotopic (exact) mass is 539 g/mol. The first kappa shape index (κ1) is 35.2. The van der Waals surface area contributed by atoms with Gasteiger partial charge in [-0.1, -0.05) is 38.2 Å². The number of esters is 1. The zero-order chi connectivity index (χ0) is 29.3. The number of nitrogens with two attached hydrogens (primary N) is 1. The minimum Gasteiger partial charge on any atom is -0.481 e. The molecular weight excluding hydrogens is 494 g/mol. The Hall–Kier alpha value is -2.82. The minimum absolute atomic E-state index is 0.0361. The molecule has 0 aromatic carbocycles. The van der Waals surface area contributed by atoms with Gasteiger partial charge in [-0.15, -0.1) is 0 Å². The quantitative estimate of drug-likeness (QED) is 0.0785. The van der Waals surface area contributed by atoms with Crippen LogP contribution in [0.5, 0.6) is 0 Å². The zero-order valence-corrected chi connectivity index (χ0v) is 23.2. The number of hydrogen-bond donors (Lipinski definition) is 4. The minimum atomic E-state index is -1.02. The lowest BCUT2D eigenvalue weighted by molar-refractivity contribution is -0.138. The van der Waals surface area contributed by atoms with Crippen LogP contribution in [0.15, 0.2) is 36.0 Å². The number of aliphatic carboxylic acids is 1. The molecular formula is C28H45NO9. The third-order valence-electron chi connectivity index (χ3n) is 6.40. The van der Waals surface area contributed by atoms with Gasteiger partial charge in [-0.05, 0) is 44.1 Å². The highest BCUT2D eigenvalue weighted by Crippen LogP contribution is 2.23. The number of carbonyl (C=O) groups is 4. The third kappa shape index (κ3) is 14.8.